The Morgan fingerprint density at radius 1 is 1.39 bits per heavy atom. The van der Waals surface area contributed by atoms with Crippen LogP contribution >= 0.6 is 0 Å². The second-order valence-electron chi connectivity index (χ2n) is 5.11. The summed E-state index contributed by atoms with van der Waals surface area (Å²) in [5, 5.41) is 11.6. The van der Waals surface area contributed by atoms with E-state index >= 15 is 0 Å². The molecule has 0 aromatic carbocycles. The third-order valence-electron chi connectivity index (χ3n) is 2.38. The minimum Gasteiger partial charge on any atom is -0.395 e. The number of carbonyl (C=O) groups is 2. The lowest BCUT2D eigenvalue weighted by molar-refractivity contribution is -0.131. The van der Waals surface area contributed by atoms with E-state index in [0.717, 1.165) is 0 Å². The zero-order chi connectivity index (χ0) is 14.2. The number of nitrogens with one attached hydrogen (secondary N) is 1. The standard InChI is InChI=1S/C13H24N2O3/c1-5-8-15(9-10-16)11(17)6-7-14-12(18)13(2,3)4/h5,16H,1,6-10H2,2-4H3,(H,14,18). The van der Waals surface area contributed by atoms with E-state index in [0.29, 0.717) is 13.1 Å². The quantitative estimate of drug-likeness (QED) is 0.653. The van der Waals surface area contributed by atoms with Crippen molar-refractivity contribution in [3.05, 3.63) is 12.7 Å². The molecule has 0 bridgehead atoms. The molecule has 0 heterocycles. The number of aliphatic hydroxyl groups excluding tert-OH is 1. The van der Waals surface area contributed by atoms with Gasteiger partial charge in [-0.3, -0.25) is 9.59 Å². The maximum atomic E-state index is 11.8. The van der Waals surface area contributed by atoms with Crippen LogP contribution in [0.5, 0.6) is 0 Å². The Bertz CT molecular complexity index is 295. The van der Waals surface area contributed by atoms with Crippen LogP contribution in [0, 0.1) is 5.41 Å². The van der Waals surface area contributed by atoms with Gasteiger partial charge in [-0.15, -0.1) is 6.58 Å². The van der Waals surface area contributed by atoms with E-state index in [9.17, 15) is 9.59 Å². The fourth-order valence-electron chi connectivity index (χ4n) is 1.30. The van der Waals surface area contributed by atoms with Crippen molar-refractivity contribution in [2.75, 3.05) is 26.2 Å². The van der Waals surface area contributed by atoms with Crippen molar-refractivity contribution in [2.45, 2.75) is 27.2 Å². The molecular weight excluding hydrogens is 232 g/mol. The van der Waals surface area contributed by atoms with Gasteiger partial charge in [0.1, 0.15) is 0 Å². The summed E-state index contributed by atoms with van der Waals surface area (Å²) in [7, 11) is 0. The van der Waals surface area contributed by atoms with E-state index < -0.39 is 5.41 Å². The molecule has 18 heavy (non-hydrogen) atoms. The van der Waals surface area contributed by atoms with Gasteiger partial charge in [0.15, 0.2) is 0 Å². The van der Waals surface area contributed by atoms with Gasteiger partial charge < -0.3 is 15.3 Å². The third kappa shape index (κ3) is 6.39. The van der Waals surface area contributed by atoms with E-state index in [4.69, 9.17) is 5.11 Å². The predicted octanol–water partition coefficient (Wildman–Crippen LogP) is 0.546. The summed E-state index contributed by atoms with van der Waals surface area (Å²) in [6, 6.07) is 0. The molecule has 104 valence electrons. The van der Waals surface area contributed by atoms with Crippen LogP contribution in [0.2, 0.25) is 0 Å². The molecular formula is C13H24N2O3. The number of nitrogens with zero attached hydrogens (tertiary/aromatic N) is 1. The summed E-state index contributed by atoms with van der Waals surface area (Å²) in [5.41, 5.74) is -0.449. The molecule has 0 aromatic rings. The molecule has 0 aromatic heterocycles. The highest BCUT2D eigenvalue weighted by atomic mass is 16.3. The van der Waals surface area contributed by atoms with Gasteiger partial charge in [-0.1, -0.05) is 26.8 Å². The normalized spacial score (nSPS) is 10.9. The first-order valence-electron chi connectivity index (χ1n) is 6.10. The molecule has 0 fully saturated rings. The second kappa shape index (κ2) is 7.87. The fraction of sp³-hybridized carbons (Fsp3) is 0.692. The highest BCUT2D eigenvalue weighted by Gasteiger charge is 2.21. The van der Waals surface area contributed by atoms with Crippen molar-refractivity contribution in [3.63, 3.8) is 0 Å². The van der Waals surface area contributed by atoms with Crippen LogP contribution in [0.3, 0.4) is 0 Å². The van der Waals surface area contributed by atoms with E-state index in [1.807, 2.05) is 20.8 Å². The first kappa shape index (κ1) is 16.6. The van der Waals surface area contributed by atoms with Gasteiger partial charge in [-0.05, 0) is 0 Å². The minimum atomic E-state index is -0.449. The molecule has 5 nitrogen and oxygen atoms in total. The van der Waals surface area contributed by atoms with Crippen molar-refractivity contribution >= 4 is 11.8 Å². The van der Waals surface area contributed by atoms with Crippen LogP contribution in [-0.2, 0) is 9.59 Å². The lowest BCUT2D eigenvalue weighted by Gasteiger charge is -2.21. The first-order valence-corrected chi connectivity index (χ1v) is 6.10. The number of hydrogen-bond acceptors (Lipinski definition) is 3. The maximum Gasteiger partial charge on any atom is 0.225 e. The Hall–Kier alpha value is -1.36. The lowest BCUT2D eigenvalue weighted by Crippen LogP contribution is -2.39. The number of rotatable bonds is 7. The smallest absolute Gasteiger partial charge is 0.225 e. The van der Waals surface area contributed by atoms with Crippen LogP contribution in [0.15, 0.2) is 12.7 Å². The minimum absolute atomic E-state index is 0.0755. The Morgan fingerprint density at radius 2 is 2.00 bits per heavy atom. The lowest BCUT2D eigenvalue weighted by atomic mass is 9.96. The molecule has 0 saturated heterocycles. The summed E-state index contributed by atoms with van der Waals surface area (Å²) in [6.45, 7) is 9.96. The molecule has 2 amide bonds. The van der Waals surface area contributed by atoms with Gasteiger partial charge in [0.25, 0.3) is 0 Å². The van der Waals surface area contributed by atoms with Crippen molar-refractivity contribution in [3.8, 4) is 0 Å². The van der Waals surface area contributed by atoms with Crippen molar-refractivity contribution in [1.29, 1.82) is 0 Å². The molecule has 0 saturated carbocycles. The Balaban J connectivity index is 4.08. The molecule has 0 unspecified atom stereocenters. The van der Waals surface area contributed by atoms with Gasteiger partial charge in [0, 0.05) is 31.5 Å². The number of aliphatic hydroxyl groups is 1. The molecule has 5 heteroatoms. The SMILES string of the molecule is C=CCN(CCO)C(=O)CCNC(=O)C(C)(C)C. The van der Waals surface area contributed by atoms with Crippen molar-refractivity contribution < 1.29 is 14.7 Å². The van der Waals surface area contributed by atoms with Crippen LogP contribution in [0.1, 0.15) is 27.2 Å². The van der Waals surface area contributed by atoms with E-state index in [1.54, 1.807) is 6.08 Å². The molecule has 0 rings (SSSR count). The first-order chi connectivity index (χ1) is 8.32. The van der Waals surface area contributed by atoms with Gasteiger partial charge in [-0.25, -0.2) is 0 Å². The highest BCUT2D eigenvalue weighted by Crippen LogP contribution is 2.12. The molecule has 0 spiro atoms. The van der Waals surface area contributed by atoms with Crippen LogP contribution in [0.25, 0.3) is 0 Å². The number of carbonyl (C=O) groups excluding carboxylic acids is 2. The van der Waals surface area contributed by atoms with Crippen LogP contribution < -0.4 is 5.32 Å². The zero-order valence-electron chi connectivity index (χ0n) is 11.5. The zero-order valence-corrected chi connectivity index (χ0v) is 11.5. The third-order valence-corrected chi connectivity index (χ3v) is 2.38. The Kier molecular flexibility index (Phi) is 7.27. The molecule has 0 radical (unpaired) electrons. The summed E-state index contributed by atoms with van der Waals surface area (Å²) in [5.74, 6) is -0.175. The van der Waals surface area contributed by atoms with Crippen molar-refractivity contribution in [2.24, 2.45) is 5.41 Å². The summed E-state index contributed by atoms with van der Waals surface area (Å²) < 4.78 is 0. The highest BCUT2D eigenvalue weighted by molar-refractivity contribution is 5.82. The topological polar surface area (TPSA) is 69.6 Å². The van der Waals surface area contributed by atoms with Gasteiger partial charge in [-0.2, -0.15) is 0 Å². The number of amides is 2. The molecule has 0 aliphatic rings. The second-order valence-corrected chi connectivity index (χ2v) is 5.11. The van der Waals surface area contributed by atoms with Gasteiger partial charge in [0.05, 0.1) is 6.61 Å². The summed E-state index contributed by atoms with van der Waals surface area (Å²) in [4.78, 5) is 24.9. The van der Waals surface area contributed by atoms with Crippen molar-refractivity contribution in [1.82, 2.24) is 10.2 Å². The molecule has 0 aliphatic heterocycles. The Labute approximate surface area is 109 Å². The van der Waals surface area contributed by atoms with Crippen LogP contribution in [-0.4, -0.2) is 48.1 Å². The van der Waals surface area contributed by atoms with Crippen LogP contribution in [0.4, 0.5) is 0 Å². The molecule has 2 N–H and O–H groups in total. The maximum absolute atomic E-state index is 11.8. The summed E-state index contributed by atoms with van der Waals surface area (Å²) >= 11 is 0. The largest absolute Gasteiger partial charge is 0.395 e. The van der Waals surface area contributed by atoms with E-state index in [-0.39, 0.29) is 31.4 Å². The van der Waals surface area contributed by atoms with Gasteiger partial charge >= 0.3 is 0 Å². The monoisotopic (exact) mass is 256 g/mol. The molecule has 0 atom stereocenters. The Morgan fingerprint density at radius 3 is 2.44 bits per heavy atom. The van der Waals surface area contributed by atoms with Gasteiger partial charge in [0.2, 0.25) is 11.8 Å². The average molecular weight is 256 g/mol. The predicted molar refractivity (Wildman–Crippen MR) is 70.9 cm³/mol. The fourth-order valence-corrected chi connectivity index (χ4v) is 1.30. The van der Waals surface area contributed by atoms with E-state index in [2.05, 4.69) is 11.9 Å². The molecule has 0 aliphatic carbocycles. The van der Waals surface area contributed by atoms with E-state index in [1.165, 1.54) is 4.90 Å². The summed E-state index contributed by atoms with van der Waals surface area (Å²) in [6.07, 6.45) is 1.84. The average Bonchev–Trinajstić information content (AvgIpc) is 2.27. The number of hydrogen-bond donors (Lipinski definition) is 2.